The van der Waals surface area contributed by atoms with Crippen LogP contribution in [0.25, 0.3) is 0 Å². The standard InChI is InChI=1S/C26H34N2O3/c1-4-20-10-12-21(13-11-20)25(31)28(3)23-14-16-26(17-15-24(23)30,18-27-19(2)29)22-8-6-5-7-9-22/h5-13,23-24,30H,4,14-18H2,1-3H3,(H,27,29)/t23-,24-,26-/m1/s1. The molecule has 0 saturated heterocycles. The lowest BCUT2D eigenvalue weighted by atomic mass is 9.74. The number of aryl methyl sites for hydroxylation is 1. The Balaban J connectivity index is 1.81. The Morgan fingerprint density at radius 3 is 2.32 bits per heavy atom. The quantitative estimate of drug-likeness (QED) is 0.698. The third-order valence-electron chi connectivity index (χ3n) is 6.77. The number of rotatable bonds is 6. The fourth-order valence-electron chi connectivity index (χ4n) is 4.70. The van der Waals surface area contributed by atoms with Gasteiger partial charge in [0.05, 0.1) is 12.1 Å². The minimum Gasteiger partial charge on any atom is -0.391 e. The third kappa shape index (κ3) is 5.34. The summed E-state index contributed by atoms with van der Waals surface area (Å²) in [4.78, 5) is 26.5. The zero-order valence-corrected chi connectivity index (χ0v) is 18.8. The van der Waals surface area contributed by atoms with Crippen molar-refractivity contribution in [2.75, 3.05) is 13.6 Å². The first-order chi connectivity index (χ1) is 14.9. The Hall–Kier alpha value is -2.66. The molecule has 0 aliphatic heterocycles. The van der Waals surface area contributed by atoms with Crippen molar-refractivity contribution in [3.8, 4) is 0 Å². The zero-order chi connectivity index (χ0) is 22.4. The molecule has 3 rings (SSSR count). The molecule has 0 aromatic heterocycles. The van der Waals surface area contributed by atoms with Crippen LogP contribution in [-0.4, -0.2) is 47.6 Å². The van der Waals surface area contributed by atoms with Crippen molar-refractivity contribution in [1.82, 2.24) is 10.2 Å². The molecule has 2 N–H and O–H groups in total. The molecular formula is C26H34N2O3. The molecule has 0 spiro atoms. The normalized spacial score (nSPS) is 23.6. The van der Waals surface area contributed by atoms with Gasteiger partial charge in [-0.15, -0.1) is 0 Å². The van der Waals surface area contributed by atoms with Crippen LogP contribution in [0.3, 0.4) is 0 Å². The number of aliphatic hydroxyl groups excluding tert-OH is 1. The van der Waals surface area contributed by atoms with Crippen LogP contribution in [0.5, 0.6) is 0 Å². The molecule has 31 heavy (non-hydrogen) atoms. The third-order valence-corrected chi connectivity index (χ3v) is 6.77. The van der Waals surface area contributed by atoms with Gasteiger partial charge in [0.2, 0.25) is 5.91 Å². The minimum absolute atomic E-state index is 0.0560. The molecule has 1 aliphatic rings. The molecule has 0 unspecified atom stereocenters. The van der Waals surface area contributed by atoms with Crippen molar-refractivity contribution in [1.29, 1.82) is 0 Å². The van der Waals surface area contributed by atoms with Crippen LogP contribution in [0.1, 0.15) is 61.0 Å². The number of aliphatic hydroxyl groups is 1. The topological polar surface area (TPSA) is 69.6 Å². The molecule has 1 fully saturated rings. The van der Waals surface area contributed by atoms with Gasteiger partial charge in [-0.2, -0.15) is 0 Å². The smallest absolute Gasteiger partial charge is 0.253 e. The van der Waals surface area contributed by atoms with Crippen LogP contribution in [0.2, 0.25) is 0 Å². The van der Waals surface area contributed by atoms with E-state index >= 15 is 0 Å². The van der Waals surface area contributed by atoms with E-state index < -0.39 is 6.10 Å². The second kappa shape index (κ2) is 10.1. The van der Waals surface area contributed by atoms with Gasteiger partial charge in [0.1, 0.15) is 0 Å². The first kappa shape index (κ1) is 23.0. The molecule has 2 aromatic rings. The van der Waals surface area contributed by atoms with E-state index in [9.17, 15) is 14.7 Å². The van der Waals surface area contributed by atoms with Gasteiger partial charge in [0.15, 0.2) is 0 Å². The van der Waals surface area contributed by atoms with Gasteiger partial charge < -0.3 is 15.3 Å². The van der Waals surface area contributed by atoms with Crippen molar-refractivity contribution in [2.24, 2.45) is 0 Å². The highest BCUT2D eigenvalue weighted by Gasteiger charge is 2.40. The molecule has 0 radical (unpaired) electrons. The lowest BCUT2D eigenvalue weighted by Gasteiger charge is -2.34. The second-order valence-corrected chi connectivity index (χ2v) is 8.73. The Morgan fingerprint density at radius 2 is 1.71 bits per heavy atom. The average molecular weight is 423 g/mol. The van der Waals surface area contributed by atoms with E-state index in [4.69, 9.17) is 0 Å². The number of nitrogens with one attached hydrogen (secondary N) is 1. The van der Waals surface area contributed by atoms with Gasteiger partial charge in [-0.1, -0.05) is 49.4 Å². The predicted molar refractivity (Wildman–Crippen MR) is 123 cm³/mol. The van der Waals surface area contributed by atoms with E-state index in [0.717, 1.165) is 19.3 Å². The summed E-state index contributed by atoms with van der Waals surface area (Å²) in [6.07, 6.45) is 3.11. The van der Waals surface area contributed by atoms with Crippen LogP contribution in [0.15, 0.2) is 54.6 Å². The zero-order valence-electron chi connectivity index (χ0n) is 18.8. The Labute approximate surface area is 185 Å². The number of nitrogens with zero attached hydrogens (tertiary/aromatic N) is 1. The van der Waals surface area contributed by atoms with Crippen LogP contribution in [0, 0.1) is 0 Å². The highest BCUT2D eigenvalue weighted by atomic mass is 16.3. The van der Waals surface area contributed by atoms with E-state index in [1.54, 1.807) is 11.9 Å². The number of hydrogen-bond donors (Lipinski definition) is 2. The summed E-state index contributed by atoms with van der Waals surface area (Å²) in [7, 11) is 1.79. The van der Waals surface area contributed by atoms with Gasteiger partial charge in [-0.3, -0.25) is 9.59 Å². The first-order valence-corrected chi connectivity index (χ1v) is 11.2. The Bertz CT molecular complexity index is 881. The summed E-state index contributed by atoms with van der Waals surface area (Å²) in [5.41, 5.74) is 2.75. The molecule has 2 aromatic carbocycles. The lowest BCUT2D eigenvalue weighted by molar-refractivity contribution is -0.119. The van der Waals surface area contributed by atoms with Crippen molar-refractivity contribution in [2.45, 2.75) is 63.5 Å². The van der Waals surface area contributed by atoms with Gasteiger partial charge >= 0.3 is 0 Å². The summed E-state index contributed by atoms with van der Waals surface area (Å²) in [6.45, 7) is 4.15. The van der Waals surface area contributed by atoms with Crippen molar-refractivity contribution in [3.63, 3.8) is 0 Å². The average Bonchev–Trinajstić information content (AvgIpc) is 2.97. The number of benzene rings is 2. The maximum atomic E-state index is 13.1. The summed E-state index contributed by atoms with van der Waals surface area (Å²) in [5.74, 6) is -0.125. The van der Waals surface area contributed by atoms with E-state index in [2.05, 4.69) is 24.4 Å². The number of carbonyl (C=O) groups is 2. The Kier molecular flexibility index (Phi) is 7.50. The molecule has 5 nitrogen and oxygen atoms in total. The van der Waals surface area contributed by atoms with Crippen LogP contribution < -0.4 is 5.32 Å². The summed E-state index contributed by atoms with van der Waals surface area (Å²) in [5, 5.41) is 14.0. The van der Waals surface area contributed by atoms with Crippen LogP contribution in [0.4, 0.5) is 0 Å². The number of hydrogen-bond acceptors (Lipinski definition) is 3. The molecule has 1 aliphatic carbocycles. The maximum absolute atomic E-state index is 13.1. The molecule has 5 heteroatoms. The van der Waals surface area contributed by atoms with Crippen molar-refractivity contribution < 1.29 is 14.7 Å². The fraction of sp³-hybridized carbons (Fsp3) is 0.462. The van der Waals surface area contributed by atoms with E-state index in [1.165, 1.54) is 18.1 Å². The fourth-order valence-corrected chi connectivity index (χ4v) is 4.70. The van der Waals surface area contributed by atoms with Gasteiger partial charge in [-0.25, -0.2) is 0 Å². The van der Waals surface area contributed by atoms with Crippen molar-refractivity contribution >= 4 is 11.8 Å². The van der Waals surface area contributed by atoms with Gasteiger partial charge in [-0.05, 0) is 55.4 Å². The summed E-state index contributed by atoms with van der Waals surface area (Å²) < 4.78 is 0. The largest absolute Gasteiger partial charge is 0.391 e. The highest BCUT2D eigenvalue weighted by Crippen LogP contribution is 2.39. The monoisotopic (exact) mass is 422 g/mol. The number of likely N-dealkylation sites (N-methyl/N-ethyl adjacent to an activating group) is 1. The predicted octanol–water partition coefficient (Wildman–Crippen LogP) is 3.70. The molecule has 1 saturated carbocycles. The molecule has 2 amide bonds. The van der Waals surface area contributed by atoms with E-state index in [-0.39, 0.29) is 23.3 Å². The molecule has 166 valence electrons. The van der Waals surface area contributed by atoms with Gasteiger partial charge in [0.25, 0.3) is 5.91 Å². The number of amides is 2. The SMILES string of the molecule is CCc1ccc(C(=O)N(C)[C@@H]2CC[C@@](CNC(C)=O)(c3ccccc3)CC[C@H]2O)cc1. The van der Waals surface area contributed by atoms with Crippen molar-refractivity contribution in [3.05, 3.63) is 71.3 Å². The van der Waals surface area contributed by atoms with Crippen LogP contribution in [-0.2, 0) is 16.6 Å². The molecule has 3 atom stereocenters. The second-order valence-electron chi connectivity index (χ2n) is 8.73. The first-order valence-electron chi connectivity index (χ1n) is 11.2. The molecule has 0 heterocycles. The minimum atomic E-state index is -0.605. The van der Waals surface area contributed by atoms with Crippen LogP contribution >= 0.6 is 0 Å². The van der Waals surface area contributed by atoms with E-state index in [1.807, 2.05) is 42.5 Å². The Morgan fingerprint density at radius 1 is 1.06 bits per heavy atom. The lowest BCUT2D eigenvalue weighted by Crippen LogP contribution is -2.44. The summed E-state index contributed by atoms with van der Waals surface area (Å²) in [6, 6.07) is 17.6. The highest BCUT2D eigenvalue weighted by molar-refractivity contribution is 5.94. The van der Waals surface area contributed by atoms with E-state index in [0.29, 0.717) is 24.9 Å². The summed E-state index contributed by atoms with van der Waals surface area (Å²) >= 11 is 0. The maximum Gasteiger partial charge on any atom is 0.253 e. The number of carbonyl (C=O) groups excluding carboxylic acids is 2. The van der Waals surface area contributed by atoms with Gasteiger partial charge in [0, 0.05) is 31.5 Å². The molecular weight excluding hydrogens is 388 g/mol. The molecule has 0 bridgehead atoms.